The Bertz CT molecular complexity index is 372. The monoisotopic (exact) mass is 221 g/mol. The molecule has 0 radical (unpaired) electrons. The molecule has 0 amide bonds. The maximum absolute atomic E-state index is 10.8. The van der Waals surface area contributed by atoms with Crippen LogP contribution in [0.4, 0.5) is 0 Å². The van der Waals surface area contributed by atoms with E-state index < -0.39 is 5.97 Å². The second-order valence-electron chi connectivity index (χ2n) is 3.89. The molecule has 1 N–H and O–H groups in total. The third-order valence-corrected chi connectivity index (χ3v) is 2.68. The third-order valence-electron chi connectivity index (χ3n) is 2.68. The van der Waals surface area contributed by atoms with Crippen molar-refractivity contribution in [2.24, 2.45) is 0 Å². The first-order chi connectivity index (χ1) is 7.75. The topological polar surface area (TPSA) is 49.8 Å². The summed E-state index contributed by atoms with van der Waals surface area (Å²) >= 11 is 0. The van der Waals surface area contributed by atoms with Gasteiger partial charge in [0.1, 0.15) is 0 Å². The number of aromatic carboxylic acids is 1. The summed E-state index contributed by atoms with van der Waals surface area (Å²) in [5.41, 5.74) is 1.40. The van der Waals surface area contributed by atoms with E-state index >= 15 is 0 Å². The van der Waals surface area contributed by atoms with Gasteiger partial charge in [0.25, 0.3) is 0 Å². The first-order valence-electron chi connectivity index (χ1n) is 5.38. The summed E-state index contributed by atoms with van der Waals surface area (Å²) in [7, 11) is 0. The number of morpholine rings is 1. The van der Waals surface area contributed by atoms with Gasteiger partial charge in [-0.3, -0.25) is 4.90 Å². The minimum Gasteiger partial charge on any atom is -0.478 e. The predicted molar refractivity (Wildman–Crippen MR) is 59.5 cm³/mol. The summed E-state index contributed by atoms with van der Waals surface area (Å²) in [6.45, 7) is 4.15. The number of hydrogen-bond donors (Lipinski definition) is 1. The maximum atomic E-state index is 10.8. The van der Waals surface area contributed by atoms with Crippen LogP contribution in [-0.4, -0.2) is 42.3 Å². The molecule has 1 fully saturated rings. The highest BCUT2D eigenvalue weighted by Crippen LogP contribution is 2.09. The quantitative estimate of drug-likeness (QED) is 0.833. The van der Waals surface area contributed by atoms with Crippen molar-refractivity contribution in [1.29, 1.82) is 0 Å². The smallest absolute Gasteiger partial charge is 0.335 e. The standard InChI is InChI=1S/C12H15NO3/c14-12(15)11-3-1-2-10(8-11)9-13-4-6-16-7-5-13/h1-3,8H,4-7,9H2,(H,14,15). The number of carbonyl (C=O) groups is 1. The molecular formula is C12H15NO3. The SMILES string of the molecule is O=C(O)c1cccc(CN2CCOCC2)c1. The summed E-state index contributed by atoms with van der Waals surface area (Å²) in [6.07, 6.45) is 0. The first kappa shape index (κ1) is 11.1. The van der Waals surface area contributed by atoms with Crippen LogP contribution in [0.15, 0.2) is 24.3 Å². The maximum Gasteiger partial charge on any atom is 0.335 e. The van der Waals surface area contributed by atoms with Crippen LogP contribution in [0.1, 0.15) is 15.9 Å². The van der Waals surface area contributed by atoms with Crippen molar-refractivity contribution < 1.29 is 14.6 Å². The zero-order chi connectivity index (χ0) is 11.4. The van der Waals surface area contributed by atoms with Gasteiger partial charge < -0.3 is 9.84 Å². The molecule has 0 aromatic heterocycles. The van der Waals surface area contributed by atoms with Gasteiger partial charge in [-0.05, 0) is 17.7 Å². The lowest BCUT2D eigenvalue weighted by Crippen LogP contribution is -2.35. The molecule has 1 aliphatic rings. The Morgan fingerprint density at radius 2 is 2.12 bits per heavy atom. The molecule has 0 aliphatic carbocycles. The molecule has 86 valence electrons. The fraction of sp³-hybridized carbons (Fsp3) is 0.417. The van der Waals surface area contributed by atoms with E-state index in [1.807, 2.05) is 6.07 Å². The molecule has 1 aromatic carbocycles. The molecule has 0 atom stereocenters. The van der Waals surface area contributed by atoms with E-state index in [0.717, 1.165) is 38.4 Å². The Labute approximate surface area is 94.4 Å². The molecule has 2 rings (SSSR count). The Balaban J connectivity index is 2.02. The molecule has 1 aromatic rings. The van der Waals surface area contributed by atoms with Crippen molar-refractivity contribution in [3.63, 3.8) is 0 Å². The van der Waals surface area contributed by atoms with Gasteiger partial charge in [-0.1, -0.05) is 12.1 Å². The molecule has 1 heterocycles. The van der Waals surface area contributed by atoms with Gasteiger partial charge >= 0.3 is 5.97 Å². The number of rotatable bonds is 3. The summed E-state index contributed by atoms with van der Waals surface area (Å²) < 4.78 is 5.26. The molecule has 0 saturated carbocycles. The highest BCUT2D eigenvalue weighted by molar-refractivity contribution is 5.87. The summed E-state index contributed by atoms with van der Waals surface area (Å²) in [6, 6.07) is 7.10. The van der Waals surface area contributed by atoms with Gasteiger partial charge in [0.15, 0.2) is 0 Å². The van der Waals surface area contributed by atoms with E-state index in [1.165, 1.54) is 0 Å². The van der Waals surface area contributed by atoms with Crippen LogP contribution in [-0.2, 0) is 11.3 Å². The van der Waals surface area contributed by atoms with Gasteiger partial charge in [0.2, 0.25) is 0 Å². The minimum absolute atomic E-state index is 0.353. The first-order valence-corrected chi connectivity index (χ1v) is 5.38. The normalized spacial score (nSPS) is 17.2. The van der Waals surface area contributed by atoms with E-state index in [1.54, 1.807) is 18.2 Å². The lowest BCUT2D eigenvalue weighted by Gasteiger charge is -2.26. The number of hydrogen-bond acceptors (Lipinski definition) is 3. The second-order valence-corrected chi connectivity index (χ2v) is 3.89. The Hall–Kier alpha value is -1.39. The fourth-order valence-corrected chi connectivity index (χ4v) is 1.82. The third kappa shape index (κ3) is 2.81. The second kappa shape index (κ2) is 5.09. The molecule has 0 unspecified atom stereocenters. The number of carboxylic acid groups (broad SMARTS) is 1. The Morgan fingerprint density at radius 1 is 1.38 bits per heavy atom. The fourth-order valence-electron chi connectivity index (χ4n) is 1.82. The van der Waals surface area contributed by atoms with Crippen molar-refractivity contribution in [2.45, 2.75) is 6.54 Å². The Morgan fingerprint density at radius 3 is 2.81 bits per heavy atom. The minimum atomic E-state index is -0.871. The highest BCUT2D eigenvalue weighted by atomic mass is 16.5. The molecule has 4 heteroatoms. The van der Waals surface area contributed by atoms with Crippen LogP contribution >= 0.6 is 0 Å². The number of carboxylic acids is 1. The molecule has 1 saturated heterocycles. The van der Waals surface area contributed by atoms with Crippen LogP contribution in [0.3, 0.4) is 0 Å². The summed E-state index contributed by atoms with van der Waals surface area (Å²) in [5, 5.41) is 8.88. The Kier molecular flexibility index (Phi) is 3.54. The van der Waals surface area contributed by atoms with E-state index in [9.17, 15) is 4.79 Å². The molecule has 0 spiro atoms. The number of nitrogens with zero attached hydrogens (tertiary/aromatic N) is 1. The summed E-state index contributed by atoms with van der Waals surface area (Å²) in [5.74, 6) is -0.871. The lowest BCUT2D eigenvalue weighted by atomic mass is 10.1. The van der Waals surface area contributed by atoms with Crippen LogP contribution in [0.25, 0.3) is 0 Å². The molecule has 0 bridgehead atoms. The predicted octanol–water partition coefficient (Wildman–Crippen LogP) is 1.22. The van der Waals surface area contributed by atoms with E-state index in [0.29, 0.717) is 5.56 Å². The zero-order valence-electron chi connectivity index (χ0n) is 9.06. The van der Waals surface area contributed by atoms with Crippen molar-refractivity contribution in [2.75, 3.05) is 26.3 Å². The molecule has 4 nitrogen and oxygen atoms in total. The molecular weight excluding hydrogens is 206 g/mol. The van der Waals surface area contributed by atoms with E-state index in [-0.39, 0.29) is 0 Å². The van der Waals surface area contributed by atoms with Crippen LogP contribution in [0.2, 0.25) is 0 Å². The van der Waals surface area contributed by atoms with Crippen molar-refractivity contribution in [1.82, 2.24) is 4.90 Å². The van der Waals surface area contributed by atoms with E-state index in [2.05, 4.69) is 4.90 Å². The largest absolute Gasteiger partial charge is 0.478 e. The van der Waals surface area contributed by atoms with Crippen molar-refractivity contribution in [3.05, 3.63) is 35.4 Å². The van der Waals surface area contributed by atoms with Crippen LogP contribution < -0.4 is 0 Å². The average Bonchev–Trinajstić information content (AvgIpc) is 2.30. The highest BCUT2D eigenvalue weighted by Gasteiger charge is 2.11. The van der Waals surface area contributed by atoms with Crippen LogP contribution in [0, 0.1) is 0 Å². The van der Waals surface area contributed by atoms with Gasteiger partial charge in [0.05, 0.1) is 18.8 Å². The zero-order valence-corrected chi connectivity index (χ0v) is 9.06. The van der Waals surface area contributed by atoms with Gasteiger partial charge in [0, 0.05) is 19.6 Å². The number of ether oxygens (including phenoxy) is 1. The van der Waals surface area contributed by atoms with Crippen molar-refractivity contribution >= 4 is 5.97 Å². The van der Waals surface area contributed by atoms with Gasteiger partial charge in [-0.2, -0.15) is 0 Å². The van der Waals surface area contributed by atoms with Crippen molar-refractivity contribution in [3.8, 4) is 0 Å². The molecule has 1 aliphatic heterocycles. The van der Waals surface area contributed by atoms with Crippen LogP contribution in [0.5, 0.6) is 0 Å². The lowest BCUT2D eigenvalue weighted by molar-refractivity contribution is 0.0341. The summed E-state index contributed by atoms with van der Waals surface area (Å²) in [4.78, 5) is 13.1. The average molecular weight is 221 g/mol. The van der Waals surface area contributed by atoms with Gasteiger partial charge in [-0.25, -0.2) is 4.79 Å². The molecule has 16 heavy (non-hydrogen) atoms. The van der Waals surface area contributed by atoms with Gasteiger partial charge in [-0.15, -0.1) is 0 Å². The number of benzene rings is 1. The van der Waals surface area contributed by atoms with E-state index in [4.69, 9.17) is 9.84 Å².